The Morgan fingerprint density at radius 1 is 1.71 bits per heavy atom. The number of hydrogen-bond donors (Lipinski definition) is 1. The van der Waals surface area contributed by atoms with Crippen molar-refractivity contribution >= 4 is 23.2 Å². The zero-order chi connectivity index (χ0) is 10.4. The van der Waals surface area contributed by atoms with E-state index in [-0.39, 0.29) is 0 Å². The van der Waals surface area contributed by atoms with Crippen molar-refractivity contribution in [3.63, 3.8) is 0 Å². The standard InChI is InChI=1S/C10H13Cl2NO/c1-8(13-7-9(12)6-11)5-10-3-2-4-14-10/h2-4,6,8,13H,5,7H2,1H3. The lowest BCUT2D eigenvalue weighted by molar-refractivity contribution is 0.465. The smallest absolute Gasteiger partial charge is 0.105 e. The van der Waals surface area contributed by atoms with Crippen molar-refractivity contribution in [3.05, 3.63) is 34.7 Å². The first-order valence-corrected chi connectivity index (χ1v) is 5.24. The van der Waals surface area contributed by atoms with Gasteiger partial charge in [0.1, 0.15) is 5.76 Å². The SMILES string of the molecule is CC(Cc1ccco1)NCC(Cl)=CCl. The molecule has 1 heterocycles. The molecule has 1 atom stereocenters. The number of hydrogen-bond acceptors (Lipinski definition) is 2. The summed E-state index contributed by atoms with van der Waals surface area (Å²) in [5.41, 5.74) is 1.37. The van der Waals surface area contributed by atoms with E-state index in [4.69, 9.17) is 27.6 Å². The summed E-state index contributed by atoms with van der Waals surface area (Å²) in [7, 11) is 0. The molecule has 2 nitrogen and oxygen atoms in total. The van der Waals surface area contributed by atoms with Gasteiger partial charge in [-0.1, -0.05) is 23.2 Å². The monoisotopic (exact) mass is 233 g/mol. The second-order valence-corrected chi connectivity index (χ2v) is 3.83. The van der Waals surface area contributed by atoms with Gasteiger partial charge in [-0.05, 0) is 19.1 Å². The molecule has 78 valence electrons. The van der Waals surface area contributed by atoms with Crippen LogP contribution in [-0.4, -0.2) is 12.6 Å². The molecule has 1 rings (SSSR count). The second kappa shape index (κ2) is 6.12. The molecule has 0 amide bonds. The summed E-state index contributed by atoms with van der Waals surface area (Å²) in [6.07, 6.45) is 2.52. The van der Waals surface area contributed by atoms with E-state index in [1.165, 1.54) is 5.54 Å². The number of furan rings is 1. The Morgan fingerprint density at radius 2 is 2.50 bits per heavy atom. The average molecular weight is 234 g/mol. The number of nitrogens with one attached hydrogen (secondary N) is 1. The van der Waals surface area contributed by atoms with E-state index in [1.807, 2.05) is 12.1 Å². The van der Waals surface area contributed by atoms with Gasteiger partial charge in [-0.15, -0.1) is 0 Å². The molecule has 0 fully saturated rings. The second-order valence-electron chi connectivity index (χ2n) is 3.12. The molecule has 1 aromatic heterocycles. The lowest BCUT2D eigenvalue weighted by Gasteiger charge is -2.11. The highest BCUT2D eigenvalue weighted by atomic mass is 35.5. The number of halogens is 2. The van der Waals surface area contributed by atoms with Crippen LogP contribution < -0.4 is 5.32 Å². The molecule has 0 aliphatic rings. The Kier molecular flexibility index (Phi) is 5.09. The van der Waals surface area contributed by atoms with Gasteiger partial charge in [0.25, 0.3) is 0 Å². The topological polar surface area (TPSA) is 25.2 Å². The molecule has 1 unspecified atom stereocenters. The van der Waals surface area contributed by atoms with E-state index in [0.29, 0.717) is 17.6 Å². The maximum atomic E-state index is 5.73. The van der Waals surface area contributed by atoms with Crippen LogP contribution in [0.5, 0.6) is 0 Å². The van der Waals surface area contributed by atoms with Gasteiger partial charge in [0, 0.05) is 29.6 Å². The molecule has 0 aliphatic heterocycles. The third kappa shape index (κ3) is 4.18. The van der Waals surface area contributed by atoms with Gasteiger partial charge in [-0.2, -0.15) is 0 Å². The molecular formula is C10H13Cl2NO. The van der Waals surface area contributed by atoms with E-state index in [0.717, 1.165) is 12.2 Å². The summed E-state index contributed by atoms with van der Waals surface area (Å²) in [5, 5.41) is 3.84. The van der Waals surface area contributed by atoms with E-state index in [2.05, 4.69) is 12.2 Å². The molecule has 0 radical (unpaired) electrons. The molecule has 1 aromatic rings. The van der Waals surface area contributed by atoms with Crippen molar-refractivity contribution in [2.75, 3.05) is 6.54 Å². The minimum atomic E-state index is 0.312. The molecule has 0 spiro atoms. The summed E-state index contributed by atoms with van der Waals surface area (Å²) in [6.45, 7) is 2.66. The Bertz CT molecular complexity index is 282. The molecule has 0 aliphatic carbocycles. The summed E-state index contributed by atoms with van der Waals surface area (Å²) < 4.78 is 5.22. The summed E-state index contributed by atoms with van der Waals surface area (Å²) >= 11 is 11.2. The first kappa shape index (κ1) is 11.6. The highest BCUT2D eigenvalue weighted by molar-refractivity contribution is 6.36. The zero-order valence-corrected chi connectivity index (χ0v) is 9.48. The molecular weight excluding hydrogens is 221 g/mol. The van der Waals surface area contributed by atoms with Crippen LogP contribution >= 0.6 is 23.2 Å². The Hall–Kier alpha value is -0.440. The van der Waals surface area contributed by atoms with Gasteiger partial charge in [0.05, 0.1) is 6.26 Å². The third-order valence-electron chi connectivity index (χ3n) is 1.83. The molecule has 0 aromatic carbocycles. The van der Waals surface area contributed by atoms with Crippen molar-refractivity contribution in [2.24, 2.45) is 0 Å². The van der Waals surface area contributed by atoms with E-state index >= 15 is 0 Å². The average Bonchev–Trinajstić information content (AvgIpc) is 2.66. The van der Waals surface area contributed by atoms with Crippen LogP contribution in [0.4, 0.5) is 0 Å². The normalized spacial score (nSPS) is 14.4. The van der Waals surface area contributed by atoms with Crippen LogP contribution in [-0.2, 0) is 6.42 Å². The first-order chi connectivity index (χ1) is 6.72. The van der Waals surface area contributed by atoms with Crippen molar-refractivity contribution < 1.29 is 4.42 Å². The van der Waals surface area contributed by atoms with Gasteiger partial charge >= 0.3 is 0 Å². The van der Waals surface area contributed by atoms with Crippen LogP contribution in [0.1, 0.15) is 12.7 Å². The van der Waals surface area contributed by atoms with Crippen molar-refractivity contribution in [2.45, 2.75) is 19.4 Å². The van der Waals surface area contributed by atoms with Crippen LogP contribution in [0.15, 0.2) is 33.4 Å². The lowest BCUT2D eigenvalue weighted by Crippen LogP contribution is -2.28. The van der Waals surface area contributed by atoms with Gasteiger partial charge < -0.3 is 9.73 Å². The first-order valence-electron chi connectivity index (χ1n) is 4.43. The summed E-state index contributed by atoms with van der Waals surface area (Å²) in [5.74, 6) is 0.968. The highest BCUT2D eigenvalue weighted by Crippen LogP contribution is 2.05. The van der Waals surface area contributed by atoms with Crippen molar-refractivity contribution in [1.29, 1.82) is 0 Å². The Balaban J connectivity index is 2.26. The van der Waals surface area contributed by atoms with Crippen molar-refractivity contribution in [3.8, 4) is 0 Å². The largest absolute Gasteiger partial charge is 0.469 e. The molecule has 14 heavy (non-hydrogen) atoms. The van der Waals surface area contributed by atoms with Crippen LogP contribution in [0.3, 0.4) is 0 Å². The minimum absolute atomic E-state index is 0.312. The molecule has 0 saturated heterocycles. The maximum Gasteiger partial charge on any atom is 0.105 e. The molecule has 4 heteroatoms. The fourth-order valence-corrected chi connectivity index (χ4v) is 1.27. The number of rotatable bonds is 5. The fourth-order valence-electron chi connectivity index (χ4n) is 1.11. The summed E-state index contributed by atoms with van der Waals surface area (Å²) in [6, 6.07) is 4.15. The van der Waals surface area contributed by atoms with Gasteiger partial charge in [0.15, 0.2) is 0 Å². The zero-order valence-electron chi connectivity index (χ0n) is 7.97. The molecule has 1 N–H and O–H groups in total. The quantitative estimate of drug-likeness (QED) is 0.846. The Labute approximate surface area is 93.9 Å². The van der Waals surface area contributed by atoms with Crippen LogP contribution in [0.25, 0.3) is 0 Å². The van der Waals surface area contributed by atoms with E-state index < -0.39 is 0 Å². The third-order valence-corrected chi connectivity index (χ3v) is 2.44. The fraction of sp³-hybridized carbons (Fsp3) is 0.400. The molecule has 0 bridgehead atoms. The summed E-state index contributed by atoms with van der Waals surface area (Å²) in [4.78, 5) is 0. The van der Waals surface area contributed by atoms with Crippen molar-refractivity contribution in [1.82, 2.24) is 5.32 Å². The van der Waals surface area contributed by atoms with Crippen LogP contribution in [0.2, 0.25) is 0 Å². The lowest BCUT2D eigenvalue weighted by atomic mass is 10.2. The predicted molar refractivity (Wildman–Crippen MR) is 59.7 cm³/mol. The Morgan fingerprint density at radius 3 is 3.07 bits per heavy atom. The van der Waals surface area contributed by atoms with Gasteiger partial charge in [-0.3, -0.25) is 0 Å². The predicted octanol–water partition coefficient (Wildman–Crippen LogP) is 3.12. The van der Waals surface area contributed by atoms with Gasteiger partial charge in [0.2, 0.25) is 0 Å². The highest BCUT2D eigenvalue weighted by Gasteiger charge is 2.04. The minimum Gasteiger partial charge on any atom is -0.469 e. The van der Waals surface area contributed by atoms with Gasteiger partial charge in [-0.25, -0.2) is 0 Å². The van der Waals surface area contributed by atoms with E-state index in [9.17, 15) is 0 Å². The van der Waals surface area contributed by atoms with E-state index in [1.54, 1.807) is 6.26 Å². The molecule has 0 saturated carbocycles. The maximum absolute atomic E-state index is 5.73. The van der Waals surface area contributed by atoms with Crippen LogP contribution in [0, 0.1) is 0 Å².